The van der Waals surface area contributed by atoms with Gasteiger partial charge in [0.1, 0.15) is 0 Å². The van der Waals surface area contributed by atoms with Gasteiger partial charge in [0.2, 0.25) is 0 Å². The van der Waals surface area contributed by atoms with Gasteiger partial charge in [0.25, 0.3) is 0 Å². The second-order valence-electron chi connectivity index (χ2n) is 7.22. The number of aromatic hydroxyl groups is 1. The number of fused-ring (bicyclic) bond motifs is 1. The maximum absolute atomic E-state index is 12.9. The number of hydrogen-bond acceptors (Lipinski definition) is 5. The van der Waals surface area contributed by atoms with E-state index in [1.807, 2.05) is 30.3 Å². The van der Waals surface area contributed by atoms with Crippen molar-refractivity contribution in [1.29, 1.82) is 0 Å². The summed E-state index contributed by atoms with van der Waals surface area (Å²) in [5.41, 5.74) is 0.0256. The summed E-state index contributed by atoms with van der Waals surface area (Å²) in [6.07, 6.45) is 2.43. The van der Waals surface area contributed by atoms with Gasteiger partial charge in [-0.1, -0.05) is 30.3 Å². The van der Waals surface area contributed by atoms with Gasteiger partial charge in [0.15, 0.2) is 0 Å². The number of benzene rings is 1. The first kappa shape index (κ1) is 18.6. The van der Waals surface area contributed by atoms with Crippen molar-refractivity contribution in [2.75, 3.05) is 6.54 Å². The van der Waals surface area contributed by atoms with E-state index in [-0.39, 0.29) is 40.6 Å². The molecule has 1 aromatic carbocycles. The molecule has 3 saturated heterocycles. The summed E-state index contributed by atoms with van der Waals surface area (Å²) < 4.78 is 7.89. The van der Waals surface area contributed by atoms with Gasteiger partial charge in [-0.05, 0) is 0 Å². The molecule has 4 aliphatic rings. The molecule has 9 heteroatoms. The summed E-state index contributed by atoms with van der Waals surface area (Å²) >= 11 is -0.226. The number of rotatable bonds is 4. The predicted octanol–water partition coefficient (Wildman–Crippen LogP) is -2.52. The van der Waals surface area contributed by atoms with E-state index in [4.69, 9.17) is 4.74 Å². The van der Waals surface area contributed by atoms with Gasteiger partial charge in [0, 0.05) is 0 Å². The minimum absolute atomic E-state index is 0.0509. The fourth-order valence-corrected chi connectivity index (χ4v) is 6.88. The van der Waals surface area contributed by atoms with E-state index < -0.39 is 29.2 Å². The molecule has 0 aliphatic carbocycles. The molecule has 3 atom stereocenters. The third-order valence-corrected chi connectivity index (χ3v) is 8.96. The predicted molar refractivity (Wildman–Crippen MR) is 98.1 cm³/mol. The summed E-state index contributed by atoms with van der Waals surface area (Å²) in [6.45, 7) is 0.659. The molecule has 1 aromatic heterocycles. The van der Waals surface area contributed by atoms with Gasteiger partial charge in [-0.3, -0.25) is 0 Å². The Morgan fingerprint density at radius 2 is 2.03 bits per heavy atom. The zero-order valence-electron chi connectivity index (χ0n) is 15.4. The van der Waals surface area contributed by atoms with Crippen LogP contribution >= 0.6 is 0 Å². The number of amides is 2. The van der Waals surface area contributed by atoms with Crippen molar-refractivity contribution in [2.24, 2.45) is 0 Å². The van der Waals surface area contributed by atoms with Crippen LogP contribution in [0, 0.1) is 0 Å². The van der Waals surface area contributed by atoms with Gasteiger partial charge in [-0.2, -0.15) is 0 Å². The number of carbonyl (C=O) groups excluding carboxylic acids is 2. The number of nitrogens with zero attached hydrogens (tertiary/aromatic N) is 2. The summed E-state index contributed by atoms with van der Waals surface area (Å²) in [6, 6.07) is 9.68. The first-order valence-corrected chi connectivity index (χ1v) is 11.9. The van der Waals surface area contributed by atoms with Crippen LogP contribution in [-0.2, 0) is 17.7 Å². The first-order chi connectivity index (χ1) is 14.0. The number of nitrogens with one attached hydrogen (secondary N) is 1. The van der Waals surface area contributed by atoms with Crippen LogP contribution in [0.3, 0.4) is 0 Å². The van der Waals surface area contributed by atoms with Gasteiger partial charge in [0.05, 0.1) is 0 Å². The molecule has 2 N–H and O–H groups in total. The average molecular weight is 508 g/mol. The summed E-state index contributed by atoms with van der Waals surface area (Å²) in [5.74, 6) is -1.62. The van der Waals surface area contributed by atoms with E-state index in [1.54, 1.807) is 4.90 Å². The normalized spacial score (nSPS) is 24.6. The maximum atomic E-state index is 12.9. The van der Waals surface area contributed by atoms with Gasteiger partial charge < -0.3 is 0 Å². The van der Waals surface area contributed by atoms with Crippen molar-refractivity contribution in [3.8, 4) is 5.75 Å². The van der Waals surface area contributed by atoms with E-state index in [2.05, 4.69) is 5.32 Å². The molecule has 2 amide bonds. The molecule has 2 bridgehead atoms. The zero-order valence-corrected chi connectivity index (χ0v) is 17.5. The van der Waals surface area contributed by atoms with Crippen LogP contribution in [0.25, 0.3) is 0 Å². The molecule has 3 unspecified atom stereocenters. The SMILES string of the molecule is O=C(NCCc1ccccc1)c1cn2c(c(O)c1=O)C(=O)N1C(C2)OC2CC1[I-]2. The number of pyridine rings is 1. The number of hydrogen-bond donors (Lipinski definition) is 2. The first-order valence-electron chi connectivity index (χ1n) is 9.41. The van der Waals surface area contributed by atoms with Gasteiger partial charge >= 0.3 is 147 Å². The van der Waals surface area contributed by atoms with Crippen molar-refractivity contribution in [1.82, 2.24) is 14.8 Å². The Kier molecular flexibility index (Phi) is 4.58. The van der Waals surface area contributed by atoms with E-state index in [1.165, 1.54) is 10.8 Å². The monoisotopic (exact) mass is 508 g/mol. The van der Waals surface area contributed by atoms with E-state index in [0.717, 1.165) is 12.0 Å². The van der Waals surface area contributed by atoms with Crippen molar-refractivity contribution >= 4 is 11.8 Å². The fourth-order valence-electron chi connectivity index (χ4n) is 3.90. The van der Waals surface area contributed by atoms with Crippen LogP contribution in [0.1, 0.15) is 32.8 Å². The van der Waals surface area contributed by atoms with Crippen LogP contribution in [0.5, 0.6) is 5.75 Å². The van der Waals surface area contributed by atoms with Crippen molar-refractivity contribution in [3.63, 3.8) is 0 Å². The molecule has 5 heterocycles. The van der Waals surface area contributed by atoms with Crippen LogP contribution in [0.2, 0.25) is 0 Å². The topological polar surface area (TPSA) is 101 Å². The molecular formula is C20H19IN3O5-. The summed E-state index contributed by atoms with van der Waals surface area (Å²) in [4.78, 5) is 39.7. The Labute approximate surface area is 176 Å². The van der Waals surface area contributed by atoms with Gasteiger partial charge in [-0.15, -0.1) is 0 Å². The quantitative estimate of drug-likeness (QED) is 0.270. The van der Waals surface area contributed by atoms with E-state index >= 15 is 0 Å². The van der Waals surface area contributed by atoms with Crippen molar-refractivity contribution in [2.45, 2.75) is 33.8 Å². The Hall–Kier alpha value is -2.40. The third kappa shape index (κ3) is 3.12. The Balaban J connectivity index is 1.38. The molecule has 29 heavy (non-hydrogen) atoms. The van der Waals surface area contributed by atoms with Crippen LogP contribution in [0.4, 0.5) is 0 Å². The molecule has 8 nitrogen and oxygen atoms in total. The second-order valence-corrected chi connectivity index (χ2v) is 10.8. The Bertz CT molecular complexity index is 1050. The molecular weight excluding hydrogens is 489 g/mol. The molecule has 3 fully saturated rings. The van der Waals surface area contributed by atoms with E-state index in [0.29, 0.717) is 19.5 Å². The van der Waals surface area contributed by atoms with Crippen molar-refractivity contribution < 1.29 is 40.6 Å². The number of carbonyl (C=O) groups is 2. The average Bonchev–Trinajstić information content (AvgIpc) is 2.70. The standard InChI is InChI=1S/C20H19IN3O5/c25-17-12(19(27)22-7-6-11-4-2-1-3-5-11)9-23-10-15-24(13-8-14(21-13)29-15)20(28)16(23)18(17)26/h1-5,9,13-15,26H,6-8,10H2,(H,22,27)/q-1. The third-order valence-electron chi connectivity index (χ3n) is 5.42. The van der Waals surface area contributed by atoms with Crippen LogP contribution in [0.15, 0.2) is 41.3 Å². The zero-order chi connectivity index (χ0) is 20.1. The minimum atomic E-state index is -0.820. The number of alkyl halides is 2. The summed E-state index contributed by atoms with van der Waals surface area (Å²) in [5, 5.41) is 13.2. The molecule has 0 saturated carbocycles. The van der Waals surface area contributed by atoms with Crippen LogP contribution < -0.4 is 32.0 Å². The number of halogens is 1. The number of ether oxygens (including phenoxy) is 1. The summed E-state index contributed by atoms with van der Waals surface area (Å²) in [7, 11) is 0. The molecule has 0 radical (unpaired) electrons. The van der Waals surface area contributed by atoms with E-state index in [9.17, 15) is 19.5 Å². The molecule has 6 rings (SSSR count). The molecule has 4 aliphatic heterocycles. The molecule has 2 aromatic rings. The van der Waals surface area contributed by atoms with Crippen LogP contribution in [-0.4, -0.2) is 47.3 Å². The molecule has 152 valence electrons. The Morgan fingerprint density at radius 3 is 2.79 bits per heavy atom. The number of aromatic nitrogens is 1. The van der Waals surface area contributed by atoms with Gasteiger partial charge in [-0.25, -0.2) is 0 Å². The second kappa shape index (κ2) is 7.13. The van der Waals surface area contributed by atoms with Crippen molar-refractivity contribution in [3.05, 3.63) is 63.6 Å². The molecule has 0 spiro atoms. The fraction of sp³-hybridized carbons (Fsp3) is 0.350. The Morgan fingerprint density at radius 1 is 1.28 bits per heavy atom.